The number of amides is 1. The number of aromatic amines is 2. The highest BCUT2D eigenvalue weighted by molar-refractivity contribution is 5.93. The van der Waals surface area contributed by atoms with E-state index in [1.54, 1.807) is 12.1 Å². The van der Waals surface area contributed by atoms with Gasteiger partial charge in [0.2, 0.25) is 0 Å². The quantitative estimate of drug-likeness (QED) is 0.678. The van der Waals surface area contributed by atoms with Gasteiger partial charge in [-0.15, -0.1) is 0 Å². The second kappa shape index (κ2) is 8.49. The first-order valence-electron chi connectivity index (χ1n) is 9.25. The Morgan fingerprint density at radius 1 is 1.37 bits per heavy atom. The van der Waals surface area contributed by atoms with Gasteiger partial charge in [-0.3, -0.25) is 19.6 Å². The molecule has 3 N–H and O–H groups in total. The van der Waals surface area contributed by atoms with Crippen molar-refractivity contribution in [3.63, 3.8) is 0 Å². The molecule has 2 aromatic rings. The summed E-state index contributed by atoms with van der Waals surface area (Å²) in [6, 6.07) is 3.37. The molecule has 1 unspecified atom stereocenters. The van der Waals surface area contributed by atoms with Crippen LogP contribution in [0.3, 0.4) is 0 Å². The lowest BCUT2D eigenvalue weighted by Gasteiger charge is -2.17. The molecular weight excluding hydrogens is 346 g/mol. The Morgan fingerprint density at radius 3 is 2.81 bits per heavy atom. The highest BCUT2D eigenvalue weighted by Gasteiger charge is 2.18. The van der Waals surface area contributed by atoms with Gasteiger partial charge in [0.25, 0.3) is 11.5 Å². The van der Waals surface area contributed by atoms with Crippen molar-refractivity contribution in [2.45, 2.75) is 45.9 Å². The highest BCUT2D eigenvalue weighted by Crippen LogP contribution is 2.13. The molecule has 8 heteroatoms. The zero-order valence-corrected chi connectivity index (χ0v) is 16.1. The van der Waals surface area contributed by atoms with Crippen molar-refractivity contribution in [3.8, 4) is 0 Å². The second-order valence-electron chi connectivity index (χ2n) is 7.16. The fraction of sp³-hybridized carbons (Fsp3) is 0.526. The minimum absolute atomic E-state index is 0.0517. The molecule has 1 saturated heterocycles. The SMILES string of the molecule is Cc1n[nH]c(C)c1CN(C)Cc1ccc(C(=O)NCC2CCCO2)c(=O)[nH]1. The van der Waals surface area contributed by atoms with Crippen LogP contribution in [-0.4, -0.2) is 52.3 Å². The number of carbonyl (C=O) groups is 1. The summed E-state index contributed by atoms with van der Waals surface area (Å²) in [4.78, 5) is 29.4. The van der Waals surface area contributed by atoms with E-state index in [9.17, 15) is 9.59 Å². The van der Waals surface area contributed by atoms with Crippen molar-refractivity contribution >= 4 is 5.91 Å². The van der Waals surface area contributed by atoms with Gasteiger partial charge in [-0.2, -0.15) is 5.10 Å². The van der Waals surface area contributed by atoms with Crippen LogP contribution in [0.4, 0.5) is 0 Å². The van der Waals surface area contributed by atoms with Crippen LogP contribution in [-0.2, 0) is 17.8 Å². The number of hydrogen-bond donors (Lipinski definition) is 3. The molecular formula is C19H27N5O3. The van der Waals surface area contributed by atoms with Crippen molar-refractivity contribution in [1.29, 1.82) is 0 Å². The van der Waals surface area contributed by atoms with Gasteiger partial charge in [0.05, 0.1) is 11.8 Å². The molecule has 0 spiro atoms. The summed E-state index contributed by atoms with van der Waals surface area (Å²) in [6.07, 6.45) is 2.01. The molecule has 0 aliphatic carbocycles. The molecule has 1 atom stereocenters. The highest BCUT2D eigenvalue weighted by atomic mass is 16.5. The van der Waals surface area contributed by atoms with Crippen LogP contribution in [0.25, 0.3) is 0 Å². The standard InChI is InChI=1S/C19H27N5O3/c1-12-17(13(2)23-22-12)11-24(3)10-14-6-7-16(19(26)21-14)18(25)20-9-15-5-4-8-27-15/h6-7,15H,4-5,8-11H2,1-3H3,(H,20,25)(H,21,26)(H,22,23). The third-order valence-electron chi connectivity index (χ3n) is 4.88. The Balaban J connectivity index is 1.58. The molecule has 1 fully saturated rings. The lowest BCUT2D eigenvalue weighted by molar-refractivity contribution is 0.0856. The van der Waals surface area contributed by atoms with Gasteiger partial charge in [0.1, 0.15) is 5.56 Å². The number of aromatic nitrogens is 3. The fourth-order valence-corrected chi connectivity index (χ4v) is 3.32. The van der Waals surface area contributed by atoms with E-state index in [2.05, 4.69) is 25.4 Å². The van der Waals surface area contributed by atoms with E-state index in [-0.39, 0.29) is 23.1 Å². The Kier molecular flexibility index (Phi) is 6.08. The van der Waals surface area contributed by atoms with Crippen molar-refractivity contribution in [3.05, 3.63) is 50.7 Å². The Morgan fingerprint density at radius 2 is 2.19 bits per heavy atom. The van der Waals surface area contributed by atoms with E-state index in [1.165, 1.54) is 0 Å². The average molecular weight is 373 g/mol. The van der Waals surface area contributed by atoms with Crippen molar-refractivity contribution < 1.29 is 9.53 Å². The lowest BCUT2D eigenvalue weighted by Crippen LogP contribution is -2.35. The predicted molar refractivity (Wildman–Crippen MR) is 102 cm³/mol. The van der Waals surface area contributed by atoms with Crippen LogP contribution in [0, 0.1) is 13.8 Å². The molecule has 3 heterocycles. The summed E-state index contributed by atoms with van der Waals surface area (Å²) in [5.74, 6) is -0.365. The van der Waals surface area contributed by atoms with Crippen LogP contribution in [0.5, 0.6) is 0 Å². The van der Waals surface area contributed by atoms with Crippen molar-refractivity contribution in [1.82, 2.24) is 25.4 Å². The summed E-state index contributed by atoms with van der Waals surface area (Å²) in [6.45, 7) is 6.43. The summed E-state index contributed by atoms with van der Waals surface area (Å²) >= 11 is 0. The molecule has 0 saturated carbocycles. The Bertz CT molecular complexity index is 832. The summed E-state index contributed by atoms with van der Waals surface area (Å²) in [5.41, 5.74) is 3.70. The molecule has 1 aliphatic rings. The monoisotopic (exact) mass is 373 g/mol. The zero-order chi connectivity index (χ0) is 19.4. The topological polar surface area (TPSA) is 103 Å². The number of H-pyrrole nitrogens is 2. The third kappa shape index (κ3) is 4.84. The molecule has 0 radical (unpaired) electrons. The first kappa shape index (κ1) is 19.3. The third-order valence-corrected chi connectivity index (χ3v) is 4.88. The van der Waals surface area contributed by atoms with Gasteiger partial charge in [0.15, 0.2) is 0 Å². The average Bonchev–Trinajstić information content (AvgIpc) is 3.25. The Hall–Kier alpha value is -2.45. The summed E-state index contributed by atoms with van der Waals surface area (Å²) < 4.78 is 5.48. The van der Waals surface area contributed by atoms with E-state index < -0.39 is 0 Å². The number of hydrogen-bond acceptors (Lipinski definition) is 5. The largest absolute Gasteiger partial charge is 0.376 e. The number of rotatable bonds is 7. The van der Waals surface area contributed by atoms with Gasteiger partial charge in [-0.1, -0.05) is 0 Å². The van der Waals surface area contributed by atoms with Gasteiger partial charge in [0, 0.05) is 43.2 Å². The first-order chi connectivity index (χ1) is 12.9. The normalized spacial score (nSPS) is 16.8. The molecule has 1 amide bonds. The maximum absolute atomic E-state index is 12.3. The van der Waals surface area contributed by atoms with Gasteiger partial charge in [-0.25, -0.2) is 0 Å². The smallest absolute Gasteiger partial charge is 0.261 e. The zero-order valence-electron chi connectivity index (χ0n) is 16.1. The molecule has 1 aliphatic heterocycles. The van der Waals surface area contributed by atoms with Crippen LogP contribution in [0.2, 0.25) is 0 Å². The number of pyridine rings is 1. The number of carbonyl (C=O) groups excluding carboxylic acids is 1. The van der Waals surface area contributed by atoms with Crippen LogP contribution < -0.4 is 10.9 Å². The summed E-state index contributed by atoms with van der Waals surface area (Å²) in [5, 5.41) is 9.96. The van der Waals surface area contributed by atoms with Gasteiger partial charge >= 0.3 is 0 Å². The van der Waals surface area contributed by atoms with Gasteiger partial charge < -0.3 is 15.0 Å². The van der Waals surface area contributed by atoms with E-state index in [4.69, 9.17) is 4.74 Å². The Labute approximate surface area is 158 Å². The predicted octanol–water partition coefficient (Wildman–Crippen LogP) is 1.26. The molecule has 8 nitrogen and oxygen atoms in total. The van der Waals surface area contributed by atoms with Crippen molar-refractivity contribution in [2.24, 2.45) is 0 Å². The number of nitrogens with zero attached hydrogens (tertiary/aromatic N) is 2. The minimum Gasteiger partial charge on any atom is -0.376 e. The van der Waals surface area contributed by atoms with Crippen LogP contribution in [0.1, 0.15) is 45.8 Å². The fourth-order valence-electron chi connectivity index (χ4n) is 3.32. The molecule has 3 rings (SSSR count). The lowest BCUT2D eigenvalue weighted by atomic mass is 10.2. The molecule has 0 aromatic carbocycles. The maximum atomic E-state index is 12.3. The number of ether oxygens (including phenoxy) is 1. The molecule has 146 valence electrons. The first-order valence-corrected chi connectivity index (χ1v) is 9.25. The molecule has 0 bridgehead atoms. The number of nitrogens with one attached hydrogen (secondary N) is 3. The van der Waals surface area contributed by atoms with Crippen LogP contribution >= 0.6 is 0 Å². The van der Waals surface area contributed by atoms with Crippen molar-refractivity contribution in [2.75, 3.05) is 20.2 Å². The van der Waals surface area contributed by atoms with E-state index >= 15 is 0 Å². The van der Waals surface area contributed by atoms with Crippen LogP contribution in [0.15, 0.2) is 16.9 Å². The molecule has 2 aromatic heterocycles. The summed E-state index contributed by atoms with van der Waals surface area (Å²) in [7, 11) is 1.98. The second-order valence-corrected chi connectivity index (χ2v) is 7.16. The van der Waals surface area contributed by atoms with Gasteiger partial charge in [-0.05, 0) is 45.9 Å². The minimum atomic E-state index is -0.374. The van der Waals surface area contributed by atoms with E-state index in [0.717, 1.165) is 48.6 Å². The molecule has 27 heavy (non-hydrogen) atoms. The van der Waals surface area contributed by atoms with E-state index in [1.807, 2.05) is 20.9 Å². The van der Waals surface area contributed by atoms with E-state index in [0.29, 0.717) is 13.1 Å². The number of aryl methyl sites for hydroxylation is 2. The maximum Gasteiger partial charge on any atom is 0.261 e.